The van der Waals surface area contributed by atoms with E-state index in [1.54, 1.807) is 6.92 Å². The Morgan fingerprint density at radius 3 is 2.50 bits per heavy atom. The first kappa shape index (κ1) is 11.7. The Balaban J connectivity index is 2.79. The largest absolute Gasteiger partial charge is 0.337 e. The Morgan fingerprint density at radius 2 is 2.06 bits per heavy atom. The summed E-state index contributed by atoms with van der Waals surface area (Å²) < 4.78 is 0. The van der Waals surface area contributed by atoms with Crippen LogP contribution in [-0.2, 0) is 0 Å². The second-order valence-electron chi connectivity index (χ2n) is 3.13. The van der Waals surface area contributed by atoms with Gasteiger partial charge in [0.1, 0.15) is 6.04 Å². The van der Waals surface area contributed by atoms with Crippen LogP contribution in [0.15, 0.2) is 24.3 Å². The standard InChI is InChI=1S/C10H9N3O3/c1-7(6-11)12-10(14)8-2-4-9(5-3-8)13(15)16/h2-5,7H,1H3,(H,12,14). The second-order valence-corrected chi connectivity index (χ2v) is 3.13. The summed E-state index contributed by atoms with van der Waals surface area (Å²) in [7, 11) is 0. The third kappa shape index (κ3) is 2.78. The number of nitrogens with zero attached hydrogens (tertiary/aromatic N) is 2. The number of carbonyl (C=O) groups is 1. The van der Waals surface area contributed by atoms with Crippen LogP contribution in [0, 0.1) is 21.4 Å². The molecule has 0 aromatic heterocycles. The van der Waals surface area contributed by atoms with E-state index in [4.69, 9.17) is 5.26 Å². The normalized spacial score (nSPS) is 11.2. The summed E-state index contributed by atoms with van der Waals surface area (Å²) in [6.45, 7) is 1.54. The van der Waals surface area contributed by atoms with Gasteiger partial charge in [0, 0.05) is 17.7 Å². The van der Waals surface area contributed by atoms with Gasteiger partial charge >= 0.3 is 0 Å². The SMILES string of the molecule is CC(C#N)NC(=O)c1ccc([N+](=O)[O-])cc1. The topological polar surface area (TPSA) is 96.0 Å². The first-order valence-corrected chi connectivity index (χ1v) is 4.49. The summed E-state index contributed by atoms with van der Waals surface area (Å²) in [6, 6.07) is 6.43. The van der Waals surface area contributed by atoms with Crippen LogP contribution in [0.3, 0.4) is 0 Å². The summed E-state index contributed by atoms with van der Waals surface area (Å²) in [5, 5.41) is 21.3. The summed E-state index contributed by atoms with van der Waals surface area (Å²) in [5.41, 5.74) is 0.206. The Morgan fingerprint density at radius 1 is 1.50 bits per heavy atom. The molecule has 1 unspecified atom stereocenters. The van der Waals surface area contributed by atoms with Crippen LogP contribution >= 0.6 is 0 Å². The van der Waals surface area contributed by atoms with E-state index in [-0.39, 0.29) is 11.3 Å². The van der Waals surface area contributed by atoms with Crippen LogP contribution in [0.5, 0.6) is 0 Å². The third-order valence-corrected chi connectivity index (χ3v) is 1.88. The van der Waals surface area contributed by atoms with Crippen LogP contribution in [0.1, 0.15) is 17.3 Å². The molecule has 1 aromatic rings. The highest BCUT2D eigenvalue weighted by Crippen LogP contribution is 2.11. The minimum Gasteiger partial charge on any atom is -0.337 e. The molecule has 1 rings (SSSR count). The fourth-order valence-electron chi connectivity index (χ4n) is 1.05. The first-order chi connectivity index (χ1) is 7.54. The molecule has 1 atom stereocenters. The number of nitrogens with one attached hydrogen (secondary N) is 1. The zero-order chi connectivity index (χ0) is 12.1. The van der Waals surface area contributed by atoms with Crippen molar-refractivity contribution in [1.29, 1.82) is 5.26 Å². The van der Waals surface area contributed by atoms with E-state index in [1.807, 2.05) is 6.07 Å². The molecule has 6 heteroatoms. The third-order valence-electron chi connectivity index (χ3n) is 1.88. The average molecular weight is 219 g/mol. The van der Waals surface area contributed by atoms with Crippen molar-refractivity contribution < 1.29 is 9.72 Å². The Hall–Kier alpha value is -2.42. The van der Waals surface area contributed by atoms with Crippen molar-refractivity contribution in [2.24, 2.45) is 0 Å². The molecular formula is C10H9N3O3. The summed E-state index contributed by atoms with van der Waals surface area (Å²) in [4.78, 5) is 21.3. The highest BCUT2D eigenvalue weighted by molar-refractivity contribution is 5.94. The number of non-ortho nitro benzene ring substituents is 1. The number of nitriles is 1. The number of hydrogen-bond acceptors (Lipinski definition) is 4. The molecule has 0 radical (unpaired) electrons. The van der Waals surface area contributed by atoms with Gasteiger partial charge in [0.2, 0.25) is 0 Å². The van der Waals surface area contributed by atoms with Gasteiger partial charge in [-0.15, -0.1) is 0 Å². The van der Waals surface area contributed by atoms with E-state index in [0.29, 0.717) is 0 Å². The molecule has 1 aromatic carbocycles. The van der Waals surface area contributed by atoms with Crippen molar-refractivity contribution in [3.8, 4) is 6.07 Å². The highest BCUT2D eigenvalue weighted by atomic mass is 16.6. The van der Waals surface area contributed by atoms with Gasteiger partial charge in [-0.05, 0) is 19.1 Å². The van der Waals surface area contributed by atoms with Gasteiger partial charge in [-0.2, -0.15) is 5.26 Å². The first-order valence-electron chi connectivity index (χ1n) is 4.49. The number of carbonyl (C=O) groups excluding carboxylic acids is 1. The highest BCUT2D eigenvalue weighted by Gasteiger charge is 2.10. The zero-order valence-electron chi connectivity index (χ0n) is 8.51. The monoisotopic (exact) mass is 219 g/mol. The van der Waals surface area contributed by atoms with Crippen molar-refractivity contribution in [3.63, 3.8) is 0 Å². The predicted octanol–water partition coefficient (Wildman–Crippen LogP) is 1.24. The Kier molecular flexibility index (Phi) is 3.56. The zero-order valence-corrected chi connectivity index (χ0v) is 8.51. The van der Waals surface area contributed by atoms with E-state index in [1.165, 1.54) is 24.3 Å². The van der Waals surface area contributed by atoms with Gasteiger partial charge in [-0.3, -0.25) is 14.9 Å². The van der Waals surface area contributed by atoms with Gasteiger partial charge in [0.05, 0.1) is 11.0 Å². The molecule has 82 valence electrons. The molecule has 0 aliphatic carbocycles. The van der Waals surface area contributed by atoms with Crippen LogP contribution in [-0.4, -0.2) is 16.9 Å². The Bertz CT molecular complexity index is 447. The van der Waals surface area contributed by atoms with Gasteiger partial charge in [-0.1, -0.05) is 0 Å². The number of nitro groups is 1. The van der Waals surface area contributed by atoms with Gasteiger partial charge in [-0.25, -0.2) is 0 Å². The molecule has 16 heavy (non-hydrogen) atoms. The molecule has 0 bridgehead atoms. The van der Waals surface area contributed by atoms with Crippen LogP contribution in [0.2, 0.25) is 0 Å². The molecule has 0 aliphatic rings. The molecule has 1 amide bonds. The maximum atomic E-state index is 11.5. The van der Waals surface area contributed by atoms with Crippen molar-refractivity contribution in [1.82, 2.24) is 5.32 Å². The van der Waals surface area contributed by atoms with E-state index in [0.717, 1.165) is 0 Å². The lowest BCUT2D eigenvalue weighted by atomic mass is 10.2. The van der Waals surface area contributed by atoms with E-state index in [2.05, 4.69) is 5.32 Å². The second kappa shape index (κ2) is 4.89. The molecule has 6 nitrogen and oxygen atoms in total. The summed E-state index contributed by atoms with van der Waals surface area (Å²) in [6.07, 6.45) is 0. The number of amides is 1. The smallest absolute Gasteiger partial charge is 0.269 e. The van der Waals surface area contributed by atoms with Crippen LogP contribution in [0.25, 0.3) is 0 Å². The number of benzene rings is 1. The molecule has 1 N–H and O–H groups in total. The molecule has 0 saturated heterocycles. The molecular weight excluding hydrogens is 210 g/mol. The minimum absolute atomic E-state index is 0.0788. The van der Waals surface area contributed by atoms with Crippen molar-refractivity contribution >= 4 is 11.6 Å². The lowest BCUT2D eigenvalue weighted by molar-refractivity contribution is -0.384. The lowest BCUT2D eigenvalue weighted by Gasteiger charge is -2.05. The average Bonchev–Trinajstić information content (AvgIpc) is 2.28. The number of hydrogen-bond donors (Lipinski definition) is 1. The summed E-state index contributed by atoms with van der Waals surface area (Å²) >= 11 is 0. The van der Waals surface area contributed by atoms with Crippen molar-refractivity contribution in [2.75, 3.05) is 0 Å². The quantitative estimate of drug-likeness (QED) is 0.610. The molecule has 0 heterocycles. The van der Waals surface area contributed by atoms with Crippen LogP contribution < -0.4 is 5.32 Å². The number of nitro benzene ring substituents is 1. The van der Waals surface area contributed by atoms with Gasteiger partial charge in [0.15, 0.2) is 0 Å². The fourth-order valence-corrected chi connectivity index (χ4v) is 1.05. The van der Waals surface area contributed by atoms with Gasteiger partial charge in [0.25, 0.3) is 11.6 Å². The van der Waals surface area contributed by atoms with Crippen molar-refractivity contribution in [2.45, 2.75) is 13.0 Å². The van der Waals surface area contributed by atoms with E-state index in [9.17, 15) is 14.9 Å². The molecule has 0 aliphatic heterocycles. The maximum absolute atomic E-state index is 11.5. The van der Waals surface area contributed by atoms with Crippen LogP contribution in [0.4, 0.5) is 5.69 Å². The lowest BCUT2D eigenvalue weighted by Crippen LogP contribution is -2.31. The molecule has 0 fully saturated rings. The minimum atomic E-state index is -0.595. The maximum Gasteiger partial charge on any atom is 0.269 e. The predicted molar refractivity (Wildman–Crippen MR) is 55.6 cm³/mol. The van der Waals surface area contributed by atoms with E-state index < -0.39 is 16.9 Å². The van der Waals surface area contributed by atoms with E-state index >= 15 is 0 Å². The summed E-state index contributed by atoms with van der Waals surface area (Å²) in [5.74, 6) is -0.427. The van der Waals surface area contributed by atoms with Crippen molar-refractivity contribution in [3.05, 3.63) is 39.9 Å². The van der Waals surface area contributed by atoms with Gasteiger partial charge < -0.3 is 5.32 Å². The fraction of sp³-hybridized carbons (Fsp3) is 0.200. The molecule has 0 saturated carbocycles. The number of rotatable bonds is 3. The molecule has 0 spiro atoms. The Labute approximate surface area is 91.6 Å².